The number of halogens is 1. The molecule has 0 aliphatic carbocycles. The lowest BCUT2D eigenvalue weighted by molar-refractivity contribution is -0.131. The van der Waals surface area contributed by atoms with E-state index < -0.39 is 6.04 Å². The summed E-state index contributed by atoms with van der Waals surface area (Å²) >= 11 is 6.21. The number of benzene rings is 1. The molecule has 0 saturated carbocycles. The van der Waals surface area contributed by atoms with E-state index in [0.717, 1.165) is 11.0 Å². The zero-order chi connectivity index (χ0) is 15.7. The largest absolute Gasteiger partial charge is 0.347 e. The van der Waals surface area contributed by atoms with E-state index in [-0.39, 0.29) is 11.3 Å². The average Bonchev–Trinajstić information content (AvgIpc) is 2.83. The molecule has 2 unspecified atom stereocenters. The van der Waals surface area contributed by atoms with E-state index in [2.05, 4.69) is 11.1 Å². The number of hydrogen-bond donors (Lipinski definition) is 0. The van der Waals surface area contributed by atoms with Crippen LogP contribution in [0.5, 0.6) is 0 Å². The van der Waals surface area contributed by atoms with Crippen LogP contribution in [0.2, 0.25) is 0 Å². The first-order valence-corrected chi connectivity index (χ1v) is 7.07. The first kappa shape index (κ1) is 15.3. The molecule has 0 fully saturated rings. The van der Waals surface area contributed by atoms with Gasteiger partial charge in [0.05, 0.1) is 28.0 Å². The van der Waals surface area contributed by atoms with Crippen molar-refractivity contribution < 1.29 is 4.79 Å². The lowest BCUT2D eigenvalue weighted by atomic mass is 10.2. The van der Waals surface area contributed by atoms with Gasteiger partial charge in [0.1, 0.15) is 11.9 Å². The Labute approximate surface area is 128 Å². The van der Waals surface area contributed by atoms with Crippen LogP contribution in [-0.4, -0.2) is 34.5 Å². The van der Waals surface area contributed by atoms with E-state index in [1.54, 1.807) is 32.3 Å². The van der Waals surface area contributed by atoms with Crippen LogP contribution in [0, 0.1) is 11.3 Å². The molecule has 1 aromatic heterocycles. The summed E-state index contributed by atoms with van der Waals surface area (Å²) in [6.45, 7) is 3.63. The van der Waals surface area contributed by atoms with Crippen LogP contribution in [0.4, 0.5) is 0 Å². The Hall–Kier alpha value is -2.06. The molecule has 0 spiro atoms. The molecule has 0 aliphatic heterocycles. The summed E-state index contributed by atoms with van der Waals surface area (Å²) in [6, 6.07) is 6.90. The molecule has 1 aromatic carbocycles. The maximum atomic E-state index is 12.3. The van der Waals surface area contributed by atoms with Gasteiger partial charge in [-0.05, 0) is 32.0 Å². The van der Waals surface area contributed by atoms with Gasteiger partial charge in [0.2, 0.25) is 5.91 Å². The zero-order valence-electron chi connectivity index (χ0n) is 12.5. The van der Waals surface area contributed by atoms with Gasteiger partial charge in [0.25, 0.3) is 0 Å². The van der Waals surface area contributed by atoms with Crippen molar-refractivity contribution in [2.75, 3.05) is 14.1 Å². The van der Waals surface area contributed by atoms with E-state index in [0.29, 0.717) is 11.4 Å². The summed E-state index contributed by atoms with van der Waals surface area (Å²) in [5.74, 6) is 0.583. The molecule has 0 radical (unpaired) electrons. The van der Waals surface area contributed by atoms with Crippen LogP contribution in [0.1, 0.15) is 36.7 Å². The number of amides is 1. The Morgan fingerprint density at radius 1 is 1.43 bits per heavy atom. The van der Waals surface area contributed by atoms with Gasteiger partial charge >= 0.3 is 0 Å². The number of rotatable bonds is 3. The van der Waals surface area contributed by atoms with Crippen LogP contribution in [0.3, 0.4) is 0 Å². The second-order valence-corrected chi connectivity index (χ2v) is 5.83. The molecule has 1 amide bonds. The Kier molecular flexibility index (Phi) is 4.19. The maximum Gasteiger partial charge on any atom is 0.244 e. The first-order chi connectivity index (χ1) is 9.86. The number of alkyl halides is 1. The predicted molar refractivity (Wildman–Crippen MR) is 82.1 cm³/mol. The normalized spacial score (nSPS) is 13.7. The average molecular weight is 305 g/mol. The molecule has 6 heteroatoms. The van der Waals surface area contributed by atoms with Crippen molar-refractivity contribution >= 4 is 28.5 Å². The molecule has 21 heavy (non-hydrogen) atoms. The van der Waals surface area contributed by atoms with E-state index in [1.165, 1.54) is 4.90 Å². The van der Waals surface area contributed by atoms with Gasteiger partial charge in [-0.1, -0.05) is 0 Å². The van der Waals surface area contributed by atoms with Crippen molar-refractivity contribution in [3.05, 3.63) is 29.6 Å². The van der Waals surface area contributed by atoms with Crippen LogP contribution in [0.15, 0.2) is 18.2 Å². The van der Waals surface area contributed by atoms with E-state index in [9.17, 15) is 4.79 Å². The van der Waals surface area contributed by atoms with Crippen LogP contribution in [-0.2, 0) is 4.79 Å². The molecule has 2 aromatic rings. The molecule has 2 atom stereocenters. The third kappa shape index (κ3) is 2.72. The van der Waals surface area contributed by atoms with Gasteiger partial charge < -0.3 is 9.47 Å². The highest BCUT2D eigenvalue weighted by molar-refractivity contribution is 6.20. The monoisotopic (exact) mass is 304 g/mol. The number of hydrogen-bond acceptors (Lipinski definition) is 3. The third-order valence-electron chi connectivity index (χ3n) is 3.39. The minimum atomic E-state index is -0.435. The highest BCUT2D eigenvalue weighted by atomic mass is 35.5. The number of nitrogens with zero attached hydrogens (tertiary/aromatic N) is 4. The van der Waals surface area contributed by atoms with Crippen LogP contribution >= 0.6 is 11.6 Å². The van der Waals surface area contributed by atoms with Gasteiger partial charge in [0, 0.05) is 14.1 Å². The van der Waals surface area contributed by atoms with Gasteiger partial charge in [0.15, 0.2) is 0 Å². The Morgan fingerprint density at radius 3 is 2.62 bits per heavy atom. The molecule has 1 heterocycles. The molecule has 0 bridgehead atoms. The zero-order valence-corrected chi connectivity index (χ0v) is 13.2. The summed E-state index contributed by atoms with van der Waals surface area (Å²) in [4.78, 5) is 18.3. The molecular weight excluding hydrogens is 288 g/mol. The van der Waals surface area contributed by atoms with Crippen molar-refractivity contribution in [2.45, 2.75) is 25.3 Å². The summed E-state index contributed by atoms with van der Waals surface area (Å²) in [5, 5.41) is 8.73. The highest BCUT2D eigenvalue weighted by Crippen LogP contribution is 2.29. The minimum Gasteiger partial charge on any atom is -0.347 e. The number of carbonyl (C=O) groups is 1. The maximum absolute atomic E-state index is 12.3. The fraction of sp³-hybridized carbons (Fsp3) is 0.400. The van der Waals surface area contributed by atoms with Gasteiger partial charge in [-0.15, -0.1) is 11.6 Å². The summed E-state index contributed by atoms with van der Waals surface area (Å²) in [5.41, 5.74) is 2.01. The lowest BCUT2D eigenvalue weighted by Crippen LogP contribution is -2.30. The number of fused-ring (bicyclic) bond motifs is 1. The third-order valence-corrected chi connectivity index (χ3v) is 3.58. The van der Waals surface area contributed by atoms with Gasteiger partial charge in [-0.25, -0.2) is 4.98 Å². The molecule has 110 valence electrons. The molecule has 2 rings (SSSR count). The van der Waals surface area contributed by atoms with E-state index in [1.807, 2.05) is 18.4 Å². The topological polar surface area (TPSA) is 61.9 Å². The number of imidazole rings is 1. The second-order valence-electron chi connectivity index (χ2n) is 5.18. The number of carbonyl (C=O) groups excluding carboxylic acids is 1. The fourth-order valence-corrected chi connectivity index (χ4v) is 2.51. The van der Waals surface area contributed by atoms with Crippen molar-refractivity contribution in [3.63, 3.8) is 0 Å². The lowest BCUT2D eigenvalue weighted by Gasteiger charge is -2.21. The van der Waals surface area contributed by atoms with E-state index in [4.69, 9.17) is 16.9 Å². The van der Waals surface area contributed by atoms with Crippen molar-refractivity contribution in [2.24, 2.45) is 0 Å². The molecule has 5 nitrogen and oxygen atoms in total. The minimum absolute atomic E-state index is 0.0461. The van der Waals surface area contributed by atoms with Crippen LogP contribution < -0.4 is 0 Å². The number of nitriles is 1. The number of likely N-dealkylation sites (N-methyl/N-ethyl adjacent to an activating group) is 1. The summed E-state index contributed by atoms with van der Waals surface area (Å²) < 4.78 is 1.82. The molecule has 0 saturated heterocycles. The van der Waals surface area contributed by atoms with E-state index >= 15 is 0 Å². The molecule has 0 N–H and O–H groups in total. The van der Waals surface area contributed by atoms with Crippen molar-refractivity contribution in [1.29, 1.82) is 5.26 Å². The first-order valence-electron chi connectivity index (χ1n) is 6.64. The van der Waals surface area contributed by atoms with Crippen LogP contribution in [0.25, 0.3) is 11.0 Å². The quantitative estimate of drug-likeness (QED) is 0.819. The molecular formula is C15H17ClN4O. The molecule has 0 aliphatic rings. The second kappa shape index (κ2) is 5.74. The smallest absolute Gasteiger partial charge is 0.244 e. The predicted octanol–water partition coefficient (Wildman–Crippen LogP) is 2.86. The standard InChI is InChI=1S/C15H17ClN4O/c1-9(16)14-18-12-6-5-11(8-17)7-13(12)20(14)10(2)15(21)19(3)4/h5-7,9-10H,1-4H3. The fourth-order valence-electron chi connectivity index (χ4n) is 2.35. The van der Waals surface area contributed by atoms with Crippen molar-refractivity contribution in [3.8, 4) is 6.07 Å². The highest BCUT2D eigenvalue weighted by Gasteiger charge is 2.24. The SMILES string of the molecule is CC(Cl)c1nc2ccc(C#N)cc2n1C(C)C(=O)N(C)C. The Morgan fingerprint density at radius 2 is 2.10 bits per heavy atom. The van der Waals surface area contributed by atoms with Gasteiger partial charge in [-0.3, -0.25) is 4.79 Å². The Balaban J connectivity index is 2.71. The summed E-state index contributed by atoms with van der Waals surface area (Å²) in [6.07, 6.45) is 0. The van der Waals surface area contributed by atoms with Gasteiger partial charge in [-0.2, -0.15) is 5.26 Å². The number of aromatic nitrogens is 2. The Bertz CT molecular complexity index is 727. The summed E-state index contributed by atoms with van der Waals surface area (Å²) in [7, 11) is 3.42. The van der Waals surface area contributed by atoms with Crippen molar-refractivity contribution in [1.82, 2.24) is 14.5 Å².